The lowest BCUT2D eigenvalue weighted by atomic mass is 9.69. The molecule has 352 valence electrons. The van der Waals surface area contributed by atoms with E-state index in [1.54, 1.807) is 55.5 Å². The molecule has 4 aromatic rings. The van der Waals surface area contributed by atoms with E-state index in [-0.39, 0.29) is 41.0 Å². The molecule has 13 nitrogen and oxygen atoms in total. The number of thiazole rings is 1. The molecule has 0 radical (unpaired) electrons. The minimum Gasteiger partial charge on any atom is -0.386 e. The van der Waals surface area contributed by atoms with E-state index in [9.17, 15) is 42.3 Å². The van der Waals surface area contributed by atoms with Crippen LogP contribution in [0.1, 0.15) is 152 Å². The van der Waals surface area contributed by atoms with Crippen LogP contribution in [0.15, 0.2) is 48.5 Å². The molecule has 17 heteroatoms. The average Bonchev–Trinajstić information content (AvgIpc) is 3.79. The van der Waals surface area contributed by atoms with Gasteiger partial charge in [-0.1, -0.05) is 26.0 Å². The molecule has 2 atom stereocenters. The van der Waals surface area contributed by atoms with Crippen molar-refractivity contribution in [2.24, 2.45) is 17.3 Å². The summed E-state index contributed by atoms with van der Waals surface area (Å²) >= 11 is 1.55. The molecule has 2 aliphatic heterocycles. The number of anilines is 2. The van der Waals surface area contributed by atoms with E-state index in [0.717, 1.165) is 91.1 Å². The number of imide groups is 2. The van der Waals surface area contributed by atoms with Gasteiger partial charge in [-0.25, -0.2) is 9.97 Å². The molecule has 1 unspecified atom stereocenters. The van der Waals surface area contributed by atoms with Gasteiger partial charge in [0.25, 0.3) is 17.7 Å². The zero-order chi connectivity index (χ0) is 47.3. The quantitative estimate of drug-likeness (QED) is 0.0949. The highest BCUT2D eigenvalue weighted by molar-refractivity contribution is 7.18. The molecule has 2 aromatic heterocycles. The van der Waals surface area contributed by atoms with Gasteiger partial charge in [0.15, 0.2) is 0 Å². The molecule has 8 rings (SSSR count). The van der Waals surface area contributed by atoms with Gasteiger partial charge in [-0.2, -0.15) is 13.2 Å². The summed E-state index contributed by atoms with van der Waals surface area (Å²) < 4.78 is 40.7. The Kier molecular flexibility index (Phi) is 13.2. The van der Waals surface area contributed by atoms with E-state index >= 15 is 0 Å². The molecular weight excluding hydrogens is 872 g/mol. The summed E-state index contributed by atoms with van der Waals surface area (Å²) in [7, 11) is 2.25. The normalized spacial score (nSPS) is 24.4. The molecule has 0 spiro atoms. The number of alkyl halides is 3. The average molecular weight is 930 g/mol. The third-order valence-corrected chi connectivity index (χ3v) is 15.4. The number of amides is 5. The summed E-state index contributed by atoms with van der Waals surface area (Å²) in [5.74, 6) is -1.71. The highest BCUT2D eigenvalue weighted by atomic mass is 32.1. The lowest BCUT2D eigenvalue weighted by molar-refractivity contribution is -0.141. The Morgan fingerprint density at radius 2 is 1.68 bits per heavy atom. The van der Waals surface area contributed by atoms with Crippen LogP contribution < -0.4 is 16.0 Å². The van der Waals surface area contributed by atoms with Crippen LogP contribution in [0.5, 0.6) is 0 Å². The van der Waals surface area contributed by atoms with Crippen molar-refractivity contribution in [3.63, 3.8) is 0 Å². The van der Waals surface area contributed by atoms with Gasteiger partial charge in [0.05, 0.1) is 32.0 Å². The first-order valence-electron chi connectivity index (χ1n) is 23.0. The van der Waals surface area contributed by atoms with Crippen LogP contribution >= 0.6 is 11.3 Å². The fourth-order valence-electron chi connectivity index (χ4n) is 10.6. The van der Waals surface area contributed by atoms with Gasteiger partial charge in [-0.05, 0) is 139 Å². The second kappa shape index (κ2) is 18.4. The Morgan fingerprint density at radius 1 is 0.970 bits per heavy atom. The number of aliphatic hydroxyl groups is 1. The Balaban J connectivity index is 0.811. The van der Waals surface area contributed by atoms with Crippen molar-refractivity contribution in [3.05, 3.63) is 81.6 Å². The van der Waals surface area contributed by atoms with Gasteiger partial charge in [0, 0.05) is 48.4 Å². The lowest BCUT2D eigenvalue weighted by Gasteiger charge is -2.43. The number of benzene rings is 2. The fourth-order valence-corrected chi connectivity index (χ4v) is 11.8. The molecule has 1 saturated heterocycles. The van der Waals surface area contributed by atoms with Crippen LogP contribution in [0, 0.1) is 17.3 Å². The third kappa shape index (κ3) is 10.0. The maximum absolute atomic E-state index is 13.6. The van der Waals surface area contributed by atoms with Crippen LogP contribution in [0.4, 0.5) is 24.5 Å². The molecule has 66 heavy (non-hydrogen) atoms. The number of rotatable bonds is 13. The molecule has 0 bridgehead atoms. The standard InChI is InChI=1S/C49H58F3N7O6S/c1-27(25-53-33-9-6-8-31-41(33)46(64)59(45(31)63)37-16-17-40(60)57-43(37)62)24-48(4)20-18-30(19-21-48)58(5)26-28-12-14-29(15-13-28)44-56-36-22-32(47(2,3)65)35(23-38(36)66-44)55-42(61)34-10-7-11-39(54-34)49(50,51)52/h6-11,22-23,27-30,37,53,65H,12-21,24-26H2,1-5H3,(H,55,61)(H,57,60,62)/t27-,28?,29?,30?,37?,48?/m0/s1. The van der Waals surface area contributed by atoms with Crippen molar-refractivity contribution in [1.29, 1.82) is 0 Å². The first kappa shape index (κ1) is 47.2. The van der Waals surface area contributed by atoms with Crippen molar-refractivity contribution >= 4 is 62.5 Å². The zero-order valence-electron chi connectivity index (χ0n) is 38.0. The number of carbonyl (C=O) groups is 5. The fraction of sp³-hybridized carbons (Fsp3) is 0.531. The van der Waals surface area contributed by atoms with Crippen LogP contribution in [0.3, 0.4) is 0 Å². The van der Waals surface area contributed by atoms with Gasteiger partial charge in [-0.3, -0.25) is 34.2 Å². The predicted molar refractivity (Wildman–Crippen MR) is 245 cm³/mol. The van der Waals surface area contributed by atoms with E-state index < -0.39 is 53.0 Å². The summed E-state index contributed by atoms with van der Waals surface area (Å²) in [6, 6.07) is 11.3. The second-order valence-corrected chi connectivity index (χ2v) is 21.0. The second-order valence-electron chi connectivity index (χ2n) is 19.9. The van der Waals surface area contributed by atoms with E-state index in [2.05, 4.69) is 46.7 Å². The van der Waals surface area contributed by atoms with Crippen molar-refractivity contribution in [2.45, 2.75) is 128 Å². The number of pyridine rings is 1. The first-order valence-corrected chi connectivity index (χ1v) is 23.8. The van der Waals surface area contributed by atoms with Gasteiger partial charge in [0.2, 0.25) is 11.8 Å². The topological polar surface area (TPSA) is 174 Å². The molecule has 4 N–H and O–H groups in total. The summed E-state index contributed by atoms with van der Waals surface area (Å²) in [6.45, 7) is 9.42. The molecule has 2 aliphatic carbocycles. The highest BCUT2D eigenvalue weighted by Gasteiger charge is 2.46. The van der Waals surface area contributed by atoms with Crippen molar-refractivity contribution in [2.75, 3.05) is 30.8 Å². The summed E-state index contributed by atoms with van der Waals surface area (Å²) in [4.78, 5) is 76.3. The van der Waals surface area contributed by atoms with E-state index in [4.69, 9.17) is 4.98 Å². The highest BCUT2D eigenvalue weighted by Crippen LogP contribution is 2.45. The van der Waals surface area contributed by atoms with E-state index in [0.29, 0.717) is 46.9 Å². The molecule has 2 saturated carbocycles. The number of nitrogens with zero attached hydrogens (tertiary/aromatic N) is 4. The monoisotopic (exact) mass is 929 g/mol. The van der Waals surface area contributed by atoms with Crippen molar-refractivity contribution < 1.29 is 42.3 Å². The predicted octanol–water partition coefficient (Wildman–Crippen LogP) is 8.88. The lowest BCUT2D eigenvalue weighted by Crippen LogP contribution is -2.54. The Morgan fingerprint density at radius 3 is 2.36 bits per heavy atom. The maximum atomic E-state index is 13.6. The largest absolute Gasteiger partial charge is 0.433 e. The van der Waals surface area contributed by atoms with E-state index in [1.807, 2.05) is 0 Å². The Bertz CT molecular complexity index is 2540. The number of hydrogen-bond donors (Lipinski definition) is 4. The van der Waals surface area contributed by atoms with Crippen molar-refractivity contribution in [1.82, 2.24) is 25.1 Å². The van der Waals surface area contributed by atoms with Crippen molar-refractivity contribution in [3.8, 4) is 0 Å². The van der Waals surface area contributed by atoms with Crippen LogP contribution in [0.25, 0.3) is 10.2 Å². The van der Waals surface area contributed by atoms with Gasteiger partial charge < -0.3 is 20.6 Å². The number of piperidine rings is 1. The smallest absolute Gasteiger partial charge is 0.386 e. The Hall–Kier alpha value is -5.26. The molecule has 2 aromatic carbocycles. The first-order chi connectivity index (χ1) is 31.2. The molecule has 4 aliphatic rings. The number of aromatic nitrogens is 2. The Labute approximate surface area is 386 Å². The van der Waals surface area contributed by atoms with Gasteiger partial charge >= 0.3 is 6.18 Å². The number of hydrogen-bond acceptors (Lipinski definition) is 11. The van der Waals surface area contributed by atoms with Gasteiger partial charge in [0.1, 0.15) is 17.4 Å². The zero-order valence-corrected chi connectivity index (χ0v) is 38.8. The van der Waals surface area contributed by atoms with E-state index in [1.165, 1.54) is 6.07 Å². The SMILES string of the molecule is C[C@H](CNc1cccc2c1C(=O)N(C1CCC(=O)NC1=O)C2=O)CC1(C)CCC(N(C)CC2CCC(c3nc4cc(C(C)(C)O)c(NC(=O)c5cccc(C(F)(F)F)n5)cc4s3)CC2)CC1. The summed E-state index contributed by atoms with van der Waals surface area (Å²) in [5, 5.41) is 20.4. The molecular formula is C49H58F3N7O6S. The van der Waals surface area contributed by atoms with Crippen LogP contribution in [-0.2, 0) is 21.4 Å². The van der Waals surface area contributed by atoms with Gasteiger partial charge in [-0.15, -0.1) is 11.3 Å². The summed E-state index contributed by atoms with van der Waals surface area (Å²) in [5.41, 5.74) is -0.208. The number of halogens is 3. The number of carbonyl (C=O) groups excluding carboxylic acids is 5. The maximum Gasteiger partial charge on any atom is 0.433 e. The molecule has 3 fully saturated rings. The van der Waals surface area contributed by atoms with Crippen LogP contribution in [0.2, 0.25) is 0 Å². The minimum atomic E-state index is -4.69. The minimum absolute atomic E-state index is 0.0717. The number of nitrogens with one attached hydrogen (secondary N) is 3. The number of fused-ring (bicyclic) bond motifs is 2. The van der Waals surface area contributed by atoms with Crippen LogP contribution in [-0.4, -0.2) is 86.6 Å². The molecule has 4 heterocycles. The third-order valence-electron chi connectivity index (χ3n) is 14.2. The summed E-state index contributed by atoms with van der Waals surface area (Å²) in [6.07, 6.45) is 5.17. The molecule has 5 amide bonds.